The molecule has 0 saturated heterocycles. The molecule has 2 rings (SSSR count). The lowest BCUT2D eigenvalue weighted by Crippen LogP contribution is -2.18. The Morgan fingerprint density at radius 3 is 2.82 bits per heavy atom. The monoisotopic (exact) mass is 313 g/mol. The van der Waals surface area contributed by atoms with Gasteiger partial charge in [0, 0.05) is 40.6 Å². The number of thiophene rings is 1. The molecule has 17 heavy (non-hydrogen) atoms. The van der Waals surface area contributed by atoms with Gasteiger partial charge in [-0.05, 0) is 41.3 Å². The van der Waals surface area contributed by atoms with E-state index in [0.29, 0.717) is 6.04 Å². The van der Waals surface area contributed by atoms with Crippen LogP contribution in [0.3, 0.4) is 0 Å². The lowest BCUT2D eigenvalue weighted by Gasteiger charge is -2.14. The molecule has 2 aromatic rings. The molecule has 0 bridgehead atoms. The molecule has 3 nitrogen and oxygen atoms in total. The molecule has 2 heterocycles. The Hall–Kier alpha value is -0.650. The van der Waals surface area contributed by atoms with Gasteiger partial charge in [0.2, 0.25) is 0 Å². The van der Waals surface area contributed by atoms with Crippen LogP contribution in [0.1, 0.15) is 22.2 Å². The number of aromatic nitrogens is 2. The first-order valence-corrected chi connectivity index (χ1v) is 7.18. The van der Waals surface area contributed by atoms with Gasteiger partial charge >= 0.3 is 0 Å². The lowest BCUT2D eigenvalue weighted by atomic mass is 10.0. The maximum absolute atomic E-state index is 4.40. The Morgan fingerprint density at radius 2 is 2.35 bits per heavy atom. The van der Waals surface area contributed by atoms with E-state index in [0.717, 1.165) is 12.1 Å². The van der Waals surface area contributed by atoms with Crippen molar-refractivity contribution < 1.29 is 0 Å². The van der Waals surface area contributed by atoms with Gasteiger partial charge in [-0.2, -0.15) is 5.10 Å². The van der Waals surface area contributed by atoms with Crippen molar-refractivity contribution in [3.05, 3.63) is 38.3 Å². The summed E-state index contributed by atoms with van der Waals surface area (Å²) < 4.78 is 3.07. The lowest BCUT2D eigenvalue weighted by molar-refractivity contribution is 0.592. The van der Waals surface area contributed by atoms with Crippen molar-refractivity contribution in [2.24, 2.45) is 7.05 Å². The summed E-state index contributed by atoms with van der Waals surface area (Å²) in [5, 5.41) is 9.88. The minimum absolute atomic E-state index is 0.318. The Balaban J connectivity index is 2.23. The van der Waals surface area contributed by atoms with Crippen molar-refractivity contribution in [3.63, 3.8) is 0 Å². The SMILES string of the molecule is CNC(Cc1sccc1Br)c1cn(C)nc1C. The van der Waals surface area contributed by atoms with Crippen molar-refractivity contribution in [3.8, 4) is 0 Å². The third-order valence-electron chi connectivity index (χ3n) is 2.86. The molecule has 92 valence electrons. The van der Waals surface area contributed by atoms with Crippen LogP contribution in [0.15, 0.2) is 22.1 Å². The smallest absolute Gasteiger partial charge is 0.0641 e. The minimum Gasteiger partial charge on any atom is -0.313 e. The molecular formula is C12H16BrN3S. The number of nitrogens with zero attached hydrogens (tertiary/aromatic N) is 2. The average molecular weight is 314 g/mol. The Morgan fingerprint density at radius 1 is 1.59 bits per heavy atom. The number of hydrogen-bond donors (Lipinski definition) is 1. The highest BCUT2D eigenvalue weighted by atomic mass is 79.9. The quantitative estimate of drug-likeness (QED) is 0.940. The zero-order chi connectivity index (χ0) is 12.4. The maximum Gasteiger partial charge on any atom is 0.0641 e. The van der Waals surface area contributed by atoms with E-state index in [1.807, 2.05) is 18.8 Å². The highest BCUT2D eigenvalue weighted by Crippen LogP contribution is 2.28. The summed E-state index contributed by atoms with van der Waals surface area (Å²) in [5.74, 6) is 0. The fourth-order valence-electron chi connectivity index (χ4n) is 1.98. The second-order valence-electron chi connectivity index (χ2n) is 4.08. The summed E-state index contributed by atoms with van der Waals surface area (Å²) in [6.45, 7) is 2.06. The molecule has 1 N–H and O–H groups in total. The van der Waals surface area contributed by atoms with Crippen molar-refractivity contribution in [2.45, 2.75) is 19.4 Å². The van der Waals surface area contributed by atoms with E-state index in [-0.39, 0.29) is 0 Å². The van der Waals surface area contributed by atoms with Gasteiger partial charge in [0.15, 0.2) is 0 Å². The van der Waals surface area contributed by atoms with Crippen LogP contribution >= 0.6 is 27.3 Å². The van der Waals surface area contributed by atoms with Gasteiger partial charge < -0.3 is 5.32 Å². The fraction of sp³-hybridized carbons (Fsp3) is 0.417. The minimum atomic E-state index is 0.318. The van der Waals surface area contributed by atoms with Gasteiger partial charge in [-0.15, -0.1) is 11.3 Å². The van der Waals surface area contributed by atoms with Gasteiger partial charge in [0.25, 0.3) is 0 Å². The summed E-state index contributed by atoms with van der Waals surface area (Å²) in [7, 11) is 3.96. The fourth-order valence-corrected chi connectivity index (χ4v) is 3.54. The van der Waals surface area contributed by atoms with Crippen LogP contribution in [0, 0.1) is 6.92 Å². The number of likely N-dealkylation sites (N-methyl/N-ethyl adjacent to an activating group) is 1. The number of rotatable bonds is 4. The highest BCUT2D eigenvalue weighted by Gasteiger charge is 2.17. The molecular weight excluding hydrogens is 298 g/mol. The van der Waals surface area contributed by atoms with Crippen LogP contribution in [0.5, 0.6) is 0 Å². The van der Waals surface area contributed by atoms with E-state index in [9.17, 15) is 0 Å². The molecule has 0 fully saturated rings. The van der Waals surface area contributed by atoms with Crippen molar-refractivity contribution >= 4 is 27.3 Å². The third kappa shape index (κ3) is 2.78. The Labute approximate surface area is 114 Å². The number of nitrogens with one attached hydrogen (secondary N) is 1. The molecule has 1 unspecified atom stereocenters. The predicted molar refractivity (Wildman–Crippen MR) is 75.5 cm³/mol. The van der Waals surface area contributed by atoms with Crippen molar-refractivity contribution in [1.82, 2.24) is 15.1 Å². The summed E-state index contributed by atoms with van der Waals surface area (Å²) in [6.07, 6.45) is 3.08. The summed E-state index contributed by atoms with van der Waals surface area (Å²) in [6, 6.07) is 2.42. The summed E-state index contributed by atoms with van der Waals surface area (Å²) in [4.78, 5) is 1.37. The first kappa shape index (κ1) is 12.8. The van der Waals surface area contributed by atoms with Crippen molar-refractivity contribution in [2.75, 3.05) is 7.05 Å². The Bertz CT molecular complexity index is 504. The number of aryl methyl sites for hydroxylation is 2. The molecule has 1 atom stereocenters. The number of halogens is 1. The normalized spacial score (nSPS) is 12.9. The van der Waals surface area contributed by atoms with Gasteiger partial charge in [-0.3, -0.25) is 4.68 Å². The zero-order valence-electron chi connectivity index (χ0n) is 10.2. The highest BCUT2D eigenvalue weighted by molar-refractivity contribution is 9.10. The largest absolute Gasteiger partial charge is 0.313 e. The molecule has 0 aliphatic heterocycles. The second kappa shape index (κ2) is 5.33. The van der Waals surface area contributed by atoms with Gasteiger partial charge in [0.05, 0.1) is 5.69 Å². The van der Waals surface area contributed by atoms with E-state index in [4.69, 9.17) is 0 Å². The first-order valence-electron chi connectivity index (χ1n) is 5.51. The zero-order valence-corrected chi connectivity index (χ0v) is 12.6. The molecule has 0 saturated carbocycles. The second-order valence-corrected chi connectivity index (χ2v) is 5.94. The van der Waals surface area contributed by atoms with E-state index >= 15 is 0 Å². The van der Waals surface area contributed by atoms with Gasteiger partial charge in [-0.25, -0.2) is 0 Å². The maximum atomic E-state index is 4.40. The van der Waals surface area contributed by atoms with E-state index in [2.05, 4.69) is 50.9 Å². The van der Waals surface area contributed by atoms with Crippen LogP contribution < -0.4 is 5.32 Å². The number of hydrogen-bond acceptors (Lipinski definition) is 3. The van der Waals surface area contributed by atoms with Crippen LogP contribution in [-0.4, -0.2) is 16.8 Å². The predicted octanol–water partition coefficient (Wildman–Crippen LogP) is 3.06. The molecule has 0 aromatic carbocycles. The third-order valence-corrected chi connectivity index (χ3v) is 4.80. The summed E-state index contributed by atoms with van der Waals surface area (Å²) >= 11 is 5.37. The molecule has 2 aromatic heterocycles. The molecule has 5 heteroatoms. The van der Waals surface area contributed by atoms with Gasteiger partial charge in [0.1, 0.15) is 0 Å². The molecule has 0 amide bonds. The first-order chi connectivity index (χ1) is 8.11. The standard InChI is InChI=1S/C12H16BrN3S/c1-8-9(7-16(3)15-8)11(14-2)6-12-10(13)4-5-17-12/h4-5,7,11,14H,6H2,1-3H3. The van der Waals surface area contributed by atoms with Gasteiger partial charge in [-0.1, -0.05) is 0 Å². The molecule has 0 spiro atoms. The van der Waals surface area contributed by atoms with Crippen LogP contribution in [0.2, 0.25) is 0 Å². The van der Waals surface area contributed by atoms with E-state index in [1.165, 1.54) is 14.9 Å². The Kier molecular flexibility index (Phi) is 4.01. The molecule has 0 radical (unpaired) electrons. The van der Waals surface area contributed by atoms with Crippen LogP contribution in [0.4, 0.5) is 0 Å². The molecule has 0 aliphatic carbocycles. The topological polar surface area (TPSA) is 29.9 Å². The van der Waals surface area contributed by atoms with E-state index in [1.54, 1.807) is 11.3 Å². The van der Waals surface area contributed by atoms with Crippen molar-refractivity contribution in [1.29, 1.82) is 0 Å². The summed E-state index contributed by atoms with van der Waals surface area (Å²) in [5.41, 5.74) is 2.37. The average Bonchev–Trinajstić information content (AvgIpc) is 2.82. The van der Waals surface area contributed by atoms with E-state index < -0.39 is 0 Å². The van der Waals surface area contributed by atoms with Crippen LogP contribution in [-0.2, 0) is 13.5 Å². The molecule has 0 aliphatic rings. The van der Waals surface area contributed by atoms with Crippen LogP contribution in [0.25, 0.3) is 0 Å².